The Morgan fingerprint density at radius 2 is 2.33 bits per heavy atom. The molecule has 0 unspecified atom stereocenters. The normalized spacial score (nSPS) is 29.7. The van der Waals surface area contributed by atoms with Crippen LogP contribution in [0, 0.1) is 0 Å². The standard InChI is InChI=1S/C7H10N2O3/c10-6-3-8-7(11)5-4-12-2-1-9(5)6/h5H,1-4H2,(H,8,11)/t5-/m1/s1. The Balaban J connectivity index is 2.16. The second-order valence-corrected chi connectivity index (χ2v) is 2.90. The lowest BCUT2D eigenvalue weighted by Crippen LogP contribution is -2.62. The molecule has 0 aromatic rings. The van der Waals surface area contributed by atoms with Crippen molar-refractivity contribution in [2.24, 2.45) is 0 Å². The summed E-state index contributed by atoms with van der Waals surface area (Å²) in [7, 11) is 0. The molecule has 12 heavy (non-hydrogen) atoms. The van der Waals surface area contributed by atoms with Crippen molar-refractivity contribution in [3.63, 3.8) is 0 Å². The van der Waals surface area contributed by atoms with Crippen LogP contribution in [-0.4, -0.2) is 49.1 Å². The molecular weight excluding hydrogens is 160 g/mol. The lowest BCUT2D eigenvalue weighted by atomic mass is 10.1. The van der Waals surface area contributed by atoms with Crippen LogP contribution in [0.3, 0.4) is 0 Å². The van der Waals surface area contributed by atoms with Gasteiger partial charge in [0.1, 0.15) is 6.04 Å². The molecule has 0 saturated carbocycles. The summed E-state index contributed by atoms with van der Waals surface area (Å²) < 4.78 is 5.10. The van der Waals surface area contributed by atoms with Crippen LogP contribution in [-0.2, 0) is 14.3 Å². The first-order valence-electron chi connectivity index (χ1n) is 3.94. The molecule has 0 aliphatic carbocycles. The highest BCUT2D eigenvalue weighted by atomic mass is 16.5. The highest BCUT2D eigenvalue weighted by Gasteiger charge is 2.36. The molecule has 0 aromatic carbocycles. The highest BCUT2D eigenvalue weighted by Crippen LogP contribution is 2.10. The van der Waals surface area contributed by atoms with Crippen molar-refractivity contribution in [2.75, 3.05) is 26.3 Å². The van der Waals surface area contributed by atoms with Gasteiger partial charge in [-0.3, -0.25) is 9.59 Å². The molecule has 2 aliphatic heterocycles. The number of rotatable bonds is 0. The summed E-state index contributed by atoms with van der Waals surface area (Å²) in [4.78, 5) is 24.0. The maximum absolute atomic E-state index is 11.2. The fourth-order valence-corrected chi connectivity index (χ4v) is 1.50. The maximum Gasteiger partial charge on any atom is 0.245 e. The van der Waals surface area contributed by atoms with Gasteiger partial charge in [0, 0.05) is 6.54 Å². The van der Waals surface area contributed by atoms with Crippen molar-refractivity contribution >= 4 is 11.8 Å². The van der Waals surface area contributed by atoms with E-state index in [1.807, 2.05) is 0 Å². The minimum Gasteiger partial charge on any atom is -0.377 e. The summed E-state index contributed by atoms with van der Waals surface area (Å²) >= 11 is 0. The third-order valence-corrected chi connectivity index (χ3v) is 2.17. The summed E-state index contributed by atoms with van der Waals surface area (Å²) in [6, 6.07) is -0.389. The van der Waals surface area contributed by atoms with E-state index in [9.17, 15) is 9.59 Å². The van der Waals surface area contributed by atoms with Gasteiger partial charge in [-0.2, -0.15) is 0 Å². The van der Waals surface area contributed by atoms with Gasteiger partial charge in [-0.25, -0.2) is 0 Å². The van der Waals surface area contributed by atoms with Crippen LogP contribution in [0.2, 0.25) is 0 Å². The molecular formula is C7H10N2O3. The second-order valence-electron chi connectivity index (χ2n) is 2.90. The molecule has 2 saturated heterocycles. The fraction of sp³-hybridized carbons (Fsp3) is 0.714. The van der Waals surface area contributed by atoms with E-state index in [0.717, 1.165) is 0 Å². The zero-order valence-electron chi connectivity index (χ0n) is 6.58. The fourth-order valence-electron chi connectivity index (χ4n) is 1.50. The minimum absolute atomic E-state index is 0.0112. The maximum atomic E-state index is 11.2. The average Bonchev–Trinajstić information content (AvgIpc) is 2.12. The SMILES string of the molecule is O=C1NCC(=O)N2CCOC[C@H]12. The molecule has 0 radical (unpaired) electrons. The molecule has 66 valence electrons. The van der Waals surface area contributed by atoms with Crippen LogP contribution >= 0.6 is 0 Å². The molecule has 1 atom stereocenters. The van der Waals surface area contributed by atoms with E-state index in [-0.39, 0.29) is 24.4 Å². The molecule has 0 aromatic heterocycles. The van der Waals surface area contributed by atoms with Crippen LogP contribution in [0.15, 0.2) is 0 Å². The number of nitrogens with zero attached hydrogens (tertiary/aromatic N) is 1. The number of hydrogen-bond donors (Lipinski definition) is 1. The summed E-state index contributed by atoms with van der Waals surface area (Å²) in [6.07, 6.45) is 0. The van der Waals surface area contributed by atoms with Crippen molar-refractivity contribution < 1.29 is 14.3 Å². The Morgan fingerprint density at radius 1 is 1.50 bits per heavy atom. The lowest BCUT2D eigenvalue weighted by molar-refractivity contribution is -0.153. The van der Waals surface area contributed by atoms with Gasteiger partial charge in [0.25, 0.3) is 0 Å². The molecule has 2 aliphatic rings. The first-order valence-corrected chi connectivity index (χ1v) is 3.94. The third-order valence-electron chi connectivity index (χ3n) is 2.17. The lowest BCUT2D eigenvalue weighted by Gasteiger charge is -2.37. The van der Waals surface area contributed by atoms with E-state index >= 15 is 0 Å². The zero-order valence-corrected chi connectivity index (χ0v) is 6.58. The van der Waals surface area contributed by atoms with E-state index in [1.165, 1.54) is 0 Å². The largest absolute Gasteiger partial charge is 0.377 e. The van der Waals surface area contributed by atoms with Gasteiger partial charge in [0.05, 0.1) is 19.8 Å². The van der Waals surface area contributed by atoms with Gasteiger partial charge in [-0.05, 0) is 0 Å². The van der Waals surface area contributed by atoms with Gasteiger partial charge in [0.2, 0.25) is 11.8 Å². The minimum atomic E-state index is -0.389. The topological polar surface area (TPSA) is 58.6 Å². The second kappa shape index (κ2) is 2.75. The average molecular weight is 170 g/mol. The van der Waals surface area contributed by atoms with E-state index in [2.05, 4.69) is 5.32 Å². The first kappa shape index (κ1) is 7.54. The zero-order chi connectivity index (χ0) is 8.55. The molecule has 2 fully saturated rings. The molecule has 2 rings (SSSR count). The predicted molar refractivity (Wildman–Crippen MR) is 39.3 cm³/mol. The summed E-state index contributed by atoms with van der Waals surface area (Å²) in [6.45, 7) is 1.54. The third kappa shape index (κ3) is 1.06. The smallest absolute Gasteiger partial charge is 0.245 e. The number of ether oxygens (including phenoxy) is 1. The Hall–Kier alpha value is -1.10. The van der Waals surface area contributed by atoms with Crippen molar-refractivity contribution in [1.82, 2.24) is 10.2 Å². The van der Waals surface area contributed by atoms with Crippen LogP contribution in [0.4, 0.5) is 0 Å². The van der Waals surface area contributed by atoms with Gasteiger partial charge in [-0.1, -0.05) is 0 Å². The van der Waals surface area contributed by atoms with E-state index in [1.54, 1.807) is 4.90 Å². The summed E-state index contributed by atoms with van der Waals surface area (Å²) in [5.74, 6) is -0.114. The molecule has 5 heteroatoms. The number of morpholine rings is 1. The van der Waals surface area contributed by atoms with Crippen molar-refractivity contribution in [3.05, 3.63) is 0 Å². The van der Waals surface area contributed by atoms with E-state index in [0.29, 0.717) is 19.8 Å². The van der Waals surface area contributed by atoms with Crippen LogP contribution in [0.1, 0.15) is 0 Å². The predicted octanol–water partition coefficient (Wildman–Crippen LogP) is -1.66. The van der Waals surface area contributed by atoms with Gasteiger partial charge >= 0.3 is 0 Å². The van der Waals surface area contributed by atoms with Gasteiger partial charge in [-0.15, -0.1) is 0 Å². The number of carbonyl (C=O) groups is 2. The Kier molecular flexibility index (Phi) is 1.73. The van der Waals surface area contributed by atoms with Gasteiger partial charge in [0.15, 0.2) is 0 Å². The number of carbonyl (C=O) groups excluding carboxylic acids is 2. The first-order chi connectivity index (χ1) is 5.79. The van der Waals surface area contributed by atoms with Crippen molar-refractivity contribution in [2.45, 2.75) is 6.04 Å². The van der Waals surface area contributed by atoms with Crippen LogP contribution < -0.4 is 5.32 Å². The summed E-state index contributed by atoms with van der Waals surface area (Å²) in [5.41, 5.74) is 0. The number of nitrogens with one attached hydrogen (secondary N) is 1. The number of hydrogen-bond acceptors (Lipinski definition) is 3. The molecule has 0 bridgehead atoms. The molecule has 2 heterocycles. The quantitative estimate of drug-likeness (QED) is 0.473. The number of amides is 2. The Labute approximate surface area is 69.7 Å². The molecule has 0 spiro atoms. The van der Waals surface area contributed by atoms with Crippen LogP contribution in [0.5, 0.6) is 0 Å². The monoisotopic (exact) mass is 170 g/mol. The molecule has 1 N–H and O–H groups in total. The van der Waals surface area contributed by atoms with E-state index < -0.39 is 0 Å². The molecule has 5 nitrogen and oxygen atoms in total. The summed E-state index contributed by atoms with van der Waals surface area (Å²) in [5, 5.41) is 2.52. The van der Waals surface area contributed by atoms with E-state index in [4.69, 9.17) is 4.74 Å². The molecule has 2 amide bonds. The number of fused-ring (bicyclic) bond motifs is 1. The van der Waals surface area contributed by atoms with Gasteiger partial charge < -0.3 is 15.0 Å². The highest BCUT2D eigenvalue weighted by molar-refractivity contribution is 5.95. The van der Waals surface area contributed by atoms with Crippen molar-refractivity contribution in [3.8, 4) is 0 Å². The van der Waals surface area contributed by atoms with Crippen LogP contribution in [0.25, 0.3) is 0 Å². The Bertz CT molecular complexity index is 205. The Morgan fingerprint density at radius 3 is 3.08 bits per heavy atom. The number of piperazine rings is 1. The van der Waals surface area contributed by atoms with Crippen molar-refractivity contribution in [1.29, 1.82) is 0 Å².